The molecule has 8 nitrogen and oxygen atoms in total. The van der Waals surface area contributed by atoms with Crippen molar-refractivity contribution in [1.29, 1.82) is 0 Å². The van der Waals surface area contributed by atoms with Gasteiger partial charge in [0.05, 0.1) is 27.7 Å². The predicted octanol–water partition coefficient (Wildman–Crippen LogP) is -1.00. The molecule has 9 heteroatoms. The molecule has 0 heterocycles. The Labute approximate surface area is 100 Å². The number of amides is 1. The molecule has 0 rings (SSSR count). The molecule has 0 aromatic rings. The number of likely N-dealkylation sites (N-methyl/N-ethyl adjacent to an activating group) is 1. The third-order valence-corrected chi connectivity index (χ3v) is 1.55. The van der Waals surface area contributed by atoms with Crippen LogP contribution in [0.3, 0.4) is 0 Å². The van der Waals surface area contributed by atoms with Crippen LogP contribution in [0.4, 0.5) is 0 Å². The van der Waals surface area contributed by atoms with Crippen molar-refractivity contribution in [3.05, 3.63) is 12.7 Å². The summed E-state index contributed by atoms with van der Waals surface area (Å²) in [7, 11) is 1.54. The van der Waals surface area contributed by atoms with Gasteiger partial charge in [-0.25, -0.2) is 10.0 Å². The molecule has 0 aliphatic rings. The van der Waals surface area contributed by atoms with Crippen LogP contribution in [0.15, 0.2) is 12.7 Å². The van der Waals surface area contributed by atoms with Crippen LogP contribution in [-0.4, -0.2) is 59.6 Å². The fourth-order valence-electron chi connectivity index (χ4n) is 0.446. The van der Waals surface area contributed by atoms with Crippen molar-refractivity contribution in [2.45, 2.75) is 0 Å². The molecule has 0 atom stereocenters. The molecule has 0 aliphatic heterocycles. The van der Waals surface area contributed by atoms with Crippen molar-refractivity contribution in [2.24, 2.45) is 0 Å². The summed E-state index contributed by atoms with van der Waals surface area (Å²) in [5, 5.41) is 8.39. The van der Waals surface area contributed by atoms with E-state index in [0.29, 0.717) is 0 Å². The van der Waals surface area contributed by atoms with E-state index in [1.54, 1.807) is 0 Å². The molecule has 0 radical (unpaired) electrons. The molecule has 4 N–H and O–H groups in total. The van der Waals surface area contributed by atoms with Gasteiger partial charge in [0.2, 0.25) is 0 Å². The normalized spacial score (nSPS) is 11.2. The number of nitrogens with zero attached hydrogens (tertiary/aromatic N) is 1. The maximum absolute atomic E-state index is 10.2. The highest BCUT2D eigenvalue weighted by molar-refractivity contribution is 7.46. The summed E-state index contributed by atoms with van der Waals surface area (Å²) < 4.78 is 14.3. The number of nitrogens with one attached hydrogen (secondary N) is 1. The number of aliphatic hydroxyl groups excluding tert-OH is 1. The van der Waals surface area contributed by atoms with Gasteiger partial charge >= 0.3 is 7.82 Å². The molecule has 0 saturated carbocycles. The molecule has 102 valence electrons. The SMILES string of the molecule is C=CC(=O)NOP(=O)(O)O.C[N+](C)(C)CCO. The zero-order valence-electron chi connectivity index (χ0n) is 10.2. The largest absolute Gasteiger partial charge is 0.491 e. The second-order valence-corrected chi connectivity index (χ2v) is 5.15. The van der Waals surface area contributed by atoms with Gasteiger partial charge in [0, 0.05) is 0 Å². The summed E-state index contributed by atoms with van der Waals surface area (Å²) in [4.78, 5) is 26.2. The fraction of sp³-hybridized carbons (Fsp3) is 0.625. The van der Waals surface area contributed by atoms with E-state index in [9.17, 15) is 9.36 Å². The summed E-state index contributed by atoms with van der Waals surface area (Å²) in [6.07, 6.45) is 0.815. The monoisotopic (exact) mass is 271 g/mol. The van der Waals surface area contributed by atoms with Gasteiger partial charge < -0.3 is 19.4 Å². The number of hydrogen-bond donors (Lipinski definition) is 4. The van der Waals surface area contributed by atoms with Gasteiger partial charge in [-0.3, -0.25) is 4.79 Å². The molecular weight excluding hydrogens is 251 g/mol. The molecule has 0 spiro atoms. The van der Waals surface area contributed by atoms with E-state index in [-0.39, 0.29) is 6.61 Å². The zero-order chi connectivity index (χ0) is 14.1. The van der Waals surface area contributed by atoms with Crippen LogP contribution in [0.2, 0.25) is 0 Å². The van der Waals surface area contributed by atoms with Gasteiger partial charge in [0.25, 0.3) is 5.91 Å². The molecule has 0 unspecified atom stereocenters. The Balaban J connectivity index is 0. The highest BCUT2D eigenvalue weighted by Gasteiger charge is 2.14. The topological polar surface area (TPSA) is 116 Å². The van der Waals surface area contributed by atoms with Crippen molar-refractivity contribution in [1.82, 2.24) is 5.48 Å². The van der Waals surface area contributed by atoms with E-state index < -0.39 is 13.7 Å². The predicted molar refractivity (Wildman–Crippen MR) is 61.5 cm³/mol. The lowest BCUT2D eigenvalue weighted by Crippen LogP contribution is -2.36. The maximum atomic E-state index is 10.2. The van der Waals surface area contributed by atoms with Crippen LogP contribution in [0, 0.1) is 0 Å². The molecule has 17 heavy (non-hydrogen) atoms. The first-order valence-corrected chi connectivity index (χ1v) is 6.12. The second-order valence-electron chi connectivity index (χ2n) is 3.99. The van der Waals surface area contributed by atoms with Crippen molar-refractivity contribution in [3.63, 3.8) is 0 Å². The fourth-order valence-corrected chi connectivity index (χ4v) is 0.655. The minimum Gasteiger partial charge on any atom is -0.391 e. The number of hydrogen-bond acceptors (Lipinski definition) is 4. The van der Waals surface area contributed by atoms with Crippen molar-refractivity contribution in [2.75, 3.05) is 34.3 Å². The Morgan fingerprint density at radius 1 is 1.47 bits per heavy atom. The van der Waals surface area contributed by atoms with Crippen LogP contribution in [0.25, 0.3) is 0 Å². The average molecular weight is 271 g/mol. The second kappa shape index (κ2) is 8.35. The molecule has 0 fully saturated rings. The van der Waals surface area contributed by atoms with E-state index in [2.05, 4.69) is 32.3 Å². The third-order valence-electron chi connectivity index (χ3n) is 1.22. The van der Waals surface area contributed by atoms with Crippen LogP contribution in [0.1, 0.15) is 0 Å². The maximum Gasteiger partial charge on any atom is 0.491 e. The highest BCUT2D eigenvalue weighted by Crippen LogP contribution is 2.33. The number of rotatable bonds is 5. The van der Waals surface area contributed by atoms with Gasteiger partial charge in [-0.2, -0.15) is 4.62 Å². The van der Waals surface area contributed by atoms with E-state index in [1.807, 2.05) is 0 Å². The minimum atomic E-state index is -4.61. The number of aliphatic hydroxyl groups is 1. The van der Waals surface area contributed by atoms with E-state index in [4.69, 9.17) is 14.9 Å². The van der Waals surface area contributed by atoms with Gasteiger partial charge in [0.15, 0.2) is 0 Å². The molecule has 0 aromatic carbocycles. The molecule has 0 aromatic heterocycles. The number of carbonyl (C=O) groups is 1. The van der Waals surface area contributed by atoms with Crippen LogP contribution in [-0.2, 0) is 14.0 Å². The molecule has 1 amide bonds. The third kappa shape index (κ3) is 21.1. The Kier molecular flexibility index (Phi) is 9.13. The van der Waals surface area contributed by atoms with Gasteiger partial charge in [-0.15, -0.1) is 0 Å². The summed E-state index contributed by atoms with van der Waals surface area (Å²) in [5.74, 6) is -0.816. The van der Waals surface area contributed by atoms with Gasteiger partial charge in [0.1, 0.15) is 6.54 Å². The van der Waals surface area contributed by atoms with Crippen molar-refractivity contribution < 1.29 is 33.4 Å². The lowest BCUT2D eigenvalue weighted by Gasteiger charge is -2.21. The number of phosphoric acid groups is 1. The minimum absolute atomic E-state index is 0.281. The molecular formula is C8H20N2O6P+. The Bertz CT molecular complexity index is 282. The van der Waals surface area contributed by atoms with Crippen LogP contribution < -0.4 is 5.48 Å². The van der Waals surface area contributed by atoms with E-state index in [0.717, 1.165) is 17.1 Å². The van der Waals surface area contributed by atoms with Gasteiger partial charge in [-0.05, 0) is 6.08 Å². The van der Waals surface area contributed by atoms with Crippen LogP contribution in [0.5, 0.6) is 0 Å². The number of quaternary nitrogens is 1. The zero-order valence-corrected chi connectivity index (χ0v) is 11.1. The van der Waals surface area contributed by atoms with Crippen molar-refractivity contribution in [3.8, 4) is 0 Å². The van der Waals surface area contributed by atoms with Gasteiger partial charge in [-0.1, -0.05) is 6.58 Å². The quantitative estimate of drug-likeness (QED) is 0.220. The summed E-state index contributed by atoms with van der Waals surface area (Å²) in [6.45, 7) is 4.13. The Morgan fingerprint density at radius 3 is 2.12 bits per heavy atom. The number of hydroxylamine groups is 1. The lowest BCUT2D eigenvalue weighted by molar-refractivity contribution is -0.870. The summed E-state index contributed by atoms with van der Waals surface area (Å²) in [5.41, 5.74) is 1.45. The van der Waals surface area contributed by atoms with E-state index >= 15 is 0 Å². The first-order chi connectivity index (χ1) is 7.52. The smallest absolute Gasteiger partial charge is 0.391 e. The number of carbonyl (C=O) groups excluding carboxylic acids is 1. The lowest BCUT2D eigenvalue weighted by atomic mass is 10.5. The highest BCUT2D eigenvalue weighted by atomic mass is 31.2. The molecule has 0 saturated heterocycles. The Hall–Kier alpha value is -0.760. The molecule has 0 bridgehead atoms. The average Bonchev–Trinajstić information content (AvgIpc) is 2.12. The first-order valence-electron chi connectivity index (χ1n) is 4.59. The first kappa shape index (κ1) is 18.6. The van der Waals surface area contributed by atoms with Crippen molar-refractivity contribution >= 4 is 13.7 Å². The Morgan fingerprint density at radius 2 is 1.94 bits per heavy atom. The molecule has 0 aliphatic carbocycles. The van der Waals surface area contributed by atoms with Crippen LogP contribution >= 0.6 is 7.82 Å². The standard InChI is InChI=1S/C5H14NO.C3H6NO5P/c1-6(2,3)4-5-7;1-2-3(5)4-9-10(6,7)8/h7H,4-5H2,1-3H3;2H,1H2,(H,4,5)(H2,6,7,8)/q+1;. The summed E-state index contributed by atoms with van der Waals surface area (Å²) in [6, 6.07) is 0. The van der Waals surface area contributed by atoms with E-state index in [1.165, 1.54) is 5.48 Å². The summed E-state index contributed by atoms with van der Waals surface area (Å²) >= 11 is 0.